The van der Waals surface area contributed by atoms with E-state index in [4.69, 9.17) is 0 Å². The zero-order valence-corrected chi connectivity index (χ0v) is 12.8. The van der Waals surface area contributed by atoms with E-state index in [0.717, 1.165) is 43.1 Å². The second kappa shape index (κ2) is 8.18. The average Bonchev–Trinajstić information content (AvgIpc) is 2.82. The molecule has 1 heterocycles. The number of nitrogens with one attached hydrogen (secondary N) is 1. The molecule has 0 aromatic carbocycles. The van der Waals surface area contributed by atoms with Crippen LogP contribution in [0.3, 0.4) is 0 Å². The molecule has 0 amide bonds. The highest BCUT2D eigenvalue weighted by atomic mass is 32.2. The van der Waals surface area contributed by atoms with Crippen molar-refractivity contribution in [3.8, 4) is 6.07 Å². The Labute approximate surface area is 119 Å². The standard InChI is InChI=1S/C13H23N5S/c1-4-8-16-13(2,10-14)7-5-6-9-19-12-15-11-17-18(12)3/h11,16H,4-9H2,1-3H3. The summed E-state index contributed by atoms with van der Waals surface area (Å²) in [5.74, 6) is 1.02. The highest BCUT2D eigenvalue weighted by Crippen LogP contribution is 2.18. The molecule has 1 unspecified atom stereocenters. The average molecular weight is 281 g/mol. The van der Waals surface area contributed by atoms with Gasteiger partial charge in [0.25, 0.3) is 0 Å². The van der Waals surface area contributed by atoms with Crippen molar-refractivity contribution in [2.24, 2.45) is 7.05 Å². The van der Waals surface area contributed by atoms with Crippen molar-refractivity contribution < 1.29 is 0 Å². The second-order valence-corrected chi connectivity index (χ2v) is 5.90. The van der Waals surface area contributed by atoms with Crippen LogP contribution in [0.1, 0.15) is 39.5 Å². The fourth-order valence-corrected chi connectivity index (χ4v) is 2.63. The van der Waals surface area contributed by atoms with E-state index in [1.807, 2.05) is 14.0 Å². The highest BCUT2D eigenvalue weighted by Gasteiger charge is 2.21. The van der Waals surface area contributed by atoms with E-state index in [1.165, 1.54) is 0 Å². The summed E-state index contributed by atoms with van der Waals surface area (Å²) in [7, 11) is 1.90. The van der Waals surface area contributed by atoms with Gasteiger partial charge in [-0.25, -0.2) is 9.67 Å². The molecule has 1 rings (SSSR count). The predicted molar refractivity (Wildman–Crippen MR) is 77.9 cm³/mol. The zero-order chi connectivity index (χ0) is 14.1. The molecule has 1 N–H and O–H groups in total. The maximum absolute atomic E-state index is 9.22. The van der Waals surface area contributed by atoms with Gasteiger partial charge in [-0.15, -0.1) is 0 Å². The van der Waals surface area contributed by atoms with E-state index in [-0.39, 0.29) is 5.54 Å². The van der Waals surface area contributed by atoms with E-state index in [9.17, 15) is 5.26 Å². The van der Waals surface area contributed by atoms with Crippen molar-refractivity contribution >= 4 is 11.8 Å². The first-order valence-electron chi connectivity index (χ1n) is 6.74. The van der Waals surface area contributed by atoms with Gasteiger partial charge in [-0.3, -0.25) is 5.32 Å². The van der Waals surface area contributed by atoms with Crippen LogP contribution in [-0.4, -0.2) is 32.6 Å². The number of aromatic nitrogens is 3. The minimum atomic E-state index is -0.383. The summed E-state index contributed by atoms with van der Waals surface area (Å²) in [6, 6.07) is 2.38. The molecule has 19 heavy (non-hydrogen) atoms. The number of rotatable bonds is 9. The molecule has 1 aromatic rings. The minimum Gasteiger partial charge on any atom is -0.300 e. The van der Waals surface area contributed by atoms with Gasteiger partial charge in [-0.2, -0.15) is 10.4 Å². The molecule has 0 spiro atoms. The second-order valence-electron chi connectivity index (χ2n) is 4.84. The Morgan fingerprint density at radius 3 is 2.89 bits per heavy atom. The Kier molecular flexibility index (Phi) is 6.89. The lowest BCUT2D eigenvalue weighted by Gasteiger charge is -2.22. The van der Waals surface area contributed by atoms with Crippen LogP contribution in [0.5, 0.6) is 0 Å². The molecule has 5 nitrogen and oxygen atoms in total. The zero-order valence-electron chi connectivity index (χ0n) is 12.0. The lowest BCUT2D eigenvalue weighted by Crippen LogP contribution is -2.41. The number of hydrogen-bond acceptors (Lipinski definition) is 5. The smallest absolute Gasteiger partial charge is 0.185 e. The van der Waals surface area contributed by atoms with Crippen molar-refractivity contribution in [2.45, 2.75) is 50.2 Å². The fraction of sp³-hybridized carbons (Fsp3) is 0.769. The lowest BCUT2D eigenvalue weighted by molar-refractivity contribution is 0.406. The molecule has 0 aliphatic heterocycles. The van der Waals surface area contributed by atoms with E-state index in [2.05, 4.69) is 28.4 Å². The highest BCUT2D eigenvalue weighted by molar-refractivity contribution is 7.99. The van der Waals surface area contributed by atoms with Crippen LogP contribution >= 0.6 is 11.8 Å². The third-order valence-corrected chi connectivity index (χ3v) is 4.10. The molecule has 0 bridgehead atoms. The molecule has 1 aromatic heterocycles. The van der Waals surface area contributed by atoms with Crippen LogP contribution in [0.4, 0.5) is 0 Å². The Balaban J connectivity index is 2.19. The summed E-state index contributed by atoms with van der Waals surface area (Å²) < 4.78 is 1.78. The number of nitrogens with zero attached hydrogens (tertiary/aromatic N) is 4. The van der Waals surface area contributed by atoms with Gasteiger partial charge in [0.05, 0.1) is 6.07 Å². The van der Waals surface area contributed by atoms with E-state index in [1.54, 1.807) is 22.8 Å². The van der Waals surface area contributed by atoms with E-state index in [0.29, 0.717) is 0 Å². The third kappa shape index (κ3) is 5.62. The first-order chi connectivity index (χ1) is 9.11. The molecular formula is C13H23N5S. The molecule has 6 heteroatoms. The summed E-state index contributed by atoms with van der Waals surface area (Å²) in [5.41, 5.74) is -0.383. The van der Waals surface area contributed by atoms with Gasteiger partial charge in [0.2, 0.25) is 0 Å². The molecular weight excluding hydrogens is 258 g/mol. The summed E-state index contributed by atoms with van der Waals surface area (Å²) >= 11 is 1.72. The van der Waals surface area contributed by atoms with Crippen molar-refractivity contribution in [3.63, 3.8) is 0 Å². The third-order valence-electron chi connectivity index (χ3n) is 2.98. The van der Waals surface area contributed by atoms with Crippen LogP contribution in [0.15, 0.2) is 11.5 Å². The predicted octanol–water partition coefficient (Wildman–Crippen LogP) is 2.36. The van der Waals surface area contributed by atoms with Gasteiger partial charge in [-0.1, -0.05) is 18.7 Å². The fourth-order valence-electron chi connectivity index (χ4n) is 1.75. The van der Waals surface area contributed by atoms with Crippen LogP contribution in [0.25, 0.3) is 0 Å². The number of nitriles is 1. The molecule has 0 radical (unpaired) electrons. The van der Waals surface area contributed by atoms with Gasteiger partial charge in [0.1, 0.15) is 11.9 Å². The van der Waals surface area contributed by atoms with Crippen molar-refractivity contribution in [1.29, 1.82) is 5.26 Å². The summed E-state index contributed by atoms with van der Waals surface area (Å²) in [5, 5.41) is 17.5. The Hall–Kier alpha value is -1.06. The van der Waals surface area contributed by atoms with Crippen LogP contribution < -0.4 is 5.32 Å². The molecule has 0 aliphatic carbocycles. The number of unbranched alkanes of at least 4 members (excludes halogenated alkanes) is 1. The number of aryl methyl sites for hydroxylation is 1. The molecule has 0 aliphatic rings. The van der Waals surface area contributed by atoms with Crippen molar-refractivity contribution in [1.82, 2.24) is 20.1 Å². The van der Waals surface area contributed by atoms with Gasteiger partial charge < -0.3 is 0 Å². The van der Waals surface area contributed by atoms with E-state index >= 15 is 0 Å². The Bertz CT molecular complexity index is 411. The Morgan fingerprint density at radius 1 is 1.53 bits per heavy atom. The first kappa shape index (κ1) is 16.0. The van der Waals surface area contributed by atoms with Gasteiger partial charge in [0, 0.05) is 12.8 Å². The largest absolute Gasteiger partial charge is 0.300 e. The van der Waals surface area contributed by atoms with Crippen LogP contribution in [-0.2, 0) is 7.05 Å². The molecule has 106 valence electrons. The van der Waals surface area contributed by atoms with Crippen molar-refractivity contribution in [3.05, 3.63) is 6.33 Å². The SMILES string of the molecule is CCCNC(C)(C#N)CCCCSc1ncnn1C. The molecule has 0 fully saturated rings. The maximum atomic E-state index is 9.22. The van der Waals surface area contributed by atoms with Gasteiger partial charge in [-0.05, 0) is 39.2 Å². The van der Waals surface area contributed by atoms with Gasteiger partial charge in [0.15, 0.2) is 5.16 Å². The molecule has 0 saturated heterocycles. The van der Waals surface area contributed by atoms with E-state index < -0.39 is 0 Å². The quantitative estimate of drug-likeness (QED) is 0.556. The molecule has 0 saturated carbocycles. The maximum Gasteiger partial charge on any atom is 0.185 e. The normalized spacial score (nSPS) is 14.0. The van der Waals surface area contributed by atoms with Crippen molar-refractivity contribution in [2.75, 3.05) is 12.3 Å². The number of thioether (sulfide) groups is 1. The minimum absolute atomic E-state index is 0.383. The molecule has 1 atom stereocenters. The summed E-state index contributed by atoms with van der Waals surface area (Å²) in [6.07, 6.45) is 5.65. The lowest BCUT2D eigenvalue weighted by atomic mass is 9.96. The van der Waals surface area contributed by atoms with Crippen LogP contribution in [0.2, 0.25) is 0 Å². The van der Waals surface area contributed by atoms with Gasteiger partial charge >= 0.3 is 0 Å². The number of hydrogen-bond donors (Lipinski definition) is 1. The topological polar surface area (TPSA) is 66.5 Å². The van der Waals surface area contributed by atoms with Crippen LogP contribution in [0, 0.1) is 11.3 Å². The first-order valence-corrected chi connectivity index (χ1v) is 7.73. The summed E-state index contributed by atoms with van der Waals surface area (Å²) in [6.45, 7) is 5.00. The Morgan fingerprint density at radius 2 is 2.32 bits per heavy atom. The monoisotopic (exact) mass is 281 g/mol. The summed E-state index contributed by atoms with van der Waals surface area (Å²) in [4.78, 5) is 4.17.